The molecule has 24 heavy (non-hydrogen) atoms. The summed E-state index contributed by atoms with van der Waals surface area (Å²) in [5.74, 6) is 0. The van der Waals surface area contributed by atoms with Gasteiger partial charge in [-0.1, -0.05) is 77.6 Å². The monoisotopic (exact) mass is 366 g/mol. The largest absolute Gasteiger partial charge is 0.379 e. The summed E-state index contributed by atoms with van der Waals surface area (Å²) >= 11 is 0. The smallest absolute Gasteiger partial charge is 0.328 e. The first-order valence-corrected chi connectivity index (χ1v) is 11.4. The second-order valence-electron chi connectivity index (χ2n) is 6.67. The lowest BCUT2D eigenvalue weighted by atomic mass is 10.1. The van der Waals surface area contributed by atoms with Crippen LogP contribution in [0.25, 0.3) is 0 Å². The zero-order valence-corrected chi connectivity index (χ0v) is 16.6. The third-order valence-corrected chi connectivity index (χ3v) is 5.10. The second kappa shape index (κ2) is 16.5. The first-order valence-electron chi connectivity index (χ1n) is 9.64. The van der Waals surface area contributed by atoms with E-state index in [4.69, 9.17) is 19.3 Å². The lowest BCUT2D eigenvalue weighted by Gasteiger charge is -2.16. The predicted octanol–water partition coefficient (Wildman–Crippen LogP) is 4.90. The Kier molecular flexibility index (Phi) is 16.6. The summed E-state index contributed by atoms with van der Waals surface area (Å²) in [6.07, 6.45) is 14.9. The van der Waals surface area contributed by atoms with Gasteiger partial charge in [-0.2, -0.15) is 0 Å². The number of hydrogen-bond donors (Lipinski definition) is 2. The maximum absolute atomic E-state index is 10.9. The average Bonchev–Trinajstić information content (AvgIpc) is 2.53. The van der Waals surface area contributed by atoms with E-state index in [2.05, 4.69) is 6.92 Å². The molecule has 2 N–H and O–H groups in total. The van der Waals surface area contributed by atoms with Crippen LogP contribution >= 0.6 is 7.60 Å². The fourth-order valence-corrected chi connectivity index (χ4v) is 3.51. The fraction of sp³-hybridized carbons (Fsp3) is 1.00. The van der Waals surface area contributed by atoms with Crippen LogP contribution in [0.4, 0.5) is 0 Å². The Morgan fingerprint density at radius 2 is 1.29 bits per heavy atom. The second-order valence-corrected chi connectivity index (χ2v) is 8.36. The van der Waals surface area contributed by atoms with Crippen LogP contribution in [-0.2, 0) is 14.0 Å². The van der Waals surface area contributed by atoms with Gasteiger partial charge in [0.15, 0.2) is 0 Å². The van der Waals surface area contributed by atoms with Crippen LogP contribution in [0, 0.1) is 0 Å². The zero-order chi connectivity index (χ0) is 18.1. The molecule has 0 amide bonds. The lowest BCUT2D eigenvalue weighted by Crippen LogP contribution is -2.23. The molecule has 146 valence electrons. The van der Waals surface area contributed by atoms with Crippen LogP contribution in [0.5, 0.6) is 0 Å². The molecule has 5 nitrogen and oxygen atoms in total. The van der Waals surface area contributed by atoms with Crippen LogP contribution in [0.2, 0.25) is 0 Å². The fourth-order valence-electron chi connectivity index (χ4n) is 2.72. The minimum absolute atomic E-state index is 0.250. The molecular weight excluding hydrogens is 327 g/mol. The number of rotatable bonds is 18. The van der Waals surface area contributed by atoms with Crippen LogP contribution in [0.15, 0.2) is 0 Å². The summed E-state index contributed by atoms with van der Waals surface area (Å²) < 4.78 is 21.4. The molecule has 1 atom stereocenters. The maximum atomic E-state index is 10.9. The molecule has 0 aromatic carbocycles. The van der Waals surface area contributed by atoms with Crippen LogP contribution in [0.3, 0.4) is 0 Å². The molecule has 0 aromatic rings. The number of hydrogen-bond acceptors (Lipinski definition) is 3. The highest BCUT2D eigenvalue weighted by Crippen LogP contribution is 2.35. The van der Waals surface area contributed by atoms with E-state index in [0.29, 0.717) is 6.61 Å². The Morgan fingerprint density at radius 1 is 0.833 bits per heavy atom. The Morgan fingerprint density at radius 3 is 1.71 bits per heavy atom. The minimum Gasteiger partial charge on any atom is -0.379 e. The van der Waals surface area contributed by atoms with Crippen molar-refractivity contribution in [1.82, 2.24) is 0 Å². The quantitative estimate of drug-likeness (QED) is 0.267. The van der Waals surface area contributed by atoms with E-state index < -0.39 is 13.7 Å². The van der Waals surface area contributed by atoms with Crippen molar-refractivity contribution >= 4 is 7.60 Å². The van der Waals surface area contributed by atoms with Crippen molar-refractivity contribution in [3.05, 3.63) is 0 Å². The van der Waals surface area contributed by atoms with Crippen LogP contribution in [-0.4, -0.2) is 42.4 Å². The topological polar surface area (TPSA) is 76.0 Å². The van der Waals surface area contributed by atoms with Gasteiger partial charge in [-0.05, 0) is 6.42 Å². The lowest BCUT2D eigenvalue weighted by molar-refractivity contribution is 0.0169. The molecular formula is C18H39O5P. The highest BCUT2D eigenvalue weighted by atomic mass is 31.2. The van der Waals surface area contributed by atoms with Gasteiger partial charge >= 0.3 is 7.60 Å². The van der Waals surface area contributed by atoms with Gasteiger partial charge in [0.05, 0.1) is 18.9 Å². The van der Waals surface area contributed by atoms with E-state index in [1.54, 1.807) is 0 Å². The summed E-state index contributed by atoms with van der Waals surface area (Å²) in [6.45, 7) is 3.14. The van der Waals surface area contributed by atoms with Crippen molar-refractivity contribution in [2.75, 3.05) is 26.5 Å². The standard InChI is InChI=1S/C18H39O5P/c1-3-4-5-6-7-8-9-10-11-12-13-14-15-23-16-18(22-2)17-24(19,20)21/h18H,3-17H2,1-2H3,(H2,19,20,21). The van der Waals surface area contributed by atoms with E-state index in [9.17, 15) is 4.57 Å². The Balaban J connectivity index is 3.26. The average molecular weight is 366 g/mol. The molecule has 0 fully saturated rings. The number of methoxy groups -OCH3 is 1. The van der Waals surface area contributed by atoms with Crippen molar-refractivity contribution in [2.45, 2.75) is 90.1 Å². The van der Waals surface area contributed by atoms with Gasteiger partial charge in [0, 0.05) is 13.7 Å². The van der Waals surface area contributed by atoms with Crippen molar-refractivity contribution in [3.8, 4) is 0 Å². The van der Waals surface area contributed by atoms with Gasteiger partial charge in [-0.3, -0.25) is 4.57 Å². The van der Waals surface area contributed by atoms with Crippen molar-refractivity contribution in [2.24, 2.45) is 0 Å². The Labute approximate surface area is 148 Å². The van der Waals surface area contributed by atoms with Crippen molar-refractivity contribution < 1.29 is 23.8 Å². The predicted molar refractivity (Wildman–Crippen MR) is 99.6 cm³/mol. The van der Waals surface area contributed by atoms with E-state index in [-0.39, 0.29) is 12.8 Å². The molecule has 0 radical (unpaired) electrons. The first-order chi connectivity index (χ1) is 11.5. The maximum Gasteiger partial charge on any atom is 0.328 e. The third kappa shape index (κ3) is 18.4. The first kappa shape index (κ1) is 24.1. The van der Waals surface area contributed by atoms with E-state index in [1.165, 1.54) is 71.3 Å². The molecule has 0 bridgehead atoms. The molecule has 0 rings (SSSR count). The number of ether oxygens (including phenoxy) is 2. The van der Waals surface area contributed by atoms with Crippen LogP contribution < -0.4 is 0 Å². The van der Waals surface area contributed by atoms with Crippen molar-refractivity contribution in [3.63, 3.8) is 0 Å². The molecule has 1 unspecified atom stereocenters. The van der Waals surface area contributed by atoms with E-state index in [0.717, 1.165) is 12.8 Å². The normalized spacial score (nSPS) is 13.3. The molecule has 0 aliphatic rings. The molecule has 6 heteroatoms. The molecule has 0 heterocycles. The summed E-state index contributed by atoms with van der Waals surface area (Å²) in [6, 6.07) is 0. The SMILES string of the molecule is CCCCCCCCCCCCCCOCC(CP(=O)(O)O)OC. The van der Waals surface area contributed by atoms with Gasteiger partial charge in [-0.25, -0.2) is 0 Å². The van der Waals surface area contributed by atoms with Crippen LogP contribution in [0.1, 0.15) is 84.0 Å². The highest BCUT2D eigenvalue weighted by Gasteiger charge is 2.21. The van der Waals surface area contributed by atoms with Gasteiger partial charge < -0.3 is 19.3 Å². The van der Waals surface area contributed by atoms with Gasteiger partial charge in [0.1, 0.15) is 0 Å². The van der Waals surface area contributed by atoms with Gasteiger partial charge in [0.25, 0.3) is 0 Å². The van der Waals surface area contributed by atoms with Gasteiger partial charge in [-0.15, -0.1) is 0 Å². The summed E-state index contributed by atoms with van der Waals surface area (Å²) in [4.78, 5) is 17.8. The molecule has 0 aliphatic carbocycles. The van der Waals surface area contributed by atoms with E-state index in [1.807, 2.05) is 0 Å². The summed E-state index contributed by atoms with van der Waals surface area (Å²) in [7, 11) is -2.58. The Bertz CT molecular complexity index is 306. The highest BCUT2D eigenvalue weighted by molar-refractivity contribution is 7.51. The van der Waals surface area contributed by atoms with Crippen molar-refractivity contribution in [1.29, 1.82) is 0 Å². The molecule has 0 spiro atoms. The molecule has 0 aliphatic heterocycles. The minimum atomic E-state index is -4.03. The number of unbranched alkanes of at least 4 members (excludes halogenated alkanes) is 11. The molecule has 0 saturated carbocycles. The summed E-state index contributed by atoms with van der Waals surface area (Å²) in [5.41, 5.74) is 0. The summed E-state index contributed by atoms with van der Waals surface area (Å²) in [5, 5.41) is 0. The molecule has 0 aromatic heterocycles. The van der Waals surface area contributed by atoms with Gasteiger partial charge in [0.2, 0.25) is 0 Å². The molecule has 0 saturated heterocycles. The zero-order valence-electron chi connectivity index (χ0n) is 15.8. The third-order valence-electron chi connectivity index (χ3n) is 4.22. The van der Waals surface area contributed by atoms with E-state index >= 15 is 0 Å². The Hall–Kier alpha value is 0.0700.